The van der Waals surface area contributed by atoms with Gasteiger partial charge in [-0.15, -0.1) is 22.7 Å². The monoisotopic (exact) mass is 436 g/mol. The highest BCUT2D eigenvalue weighted by molar-refractivity contribution is 7.14. The topological polar surface area (TPSA) is 103 Å². The van der Waals surface area contributed by atoms with Gasteiger partial charge in [-0.05, 0) is 35.0 Å². The minimum absolute atomic E-state index is 0.0850. The van der Waals surface area contributed by atoms with E-state index in [2.05, 4.69) is 0 Å². The molecule has 0 unspecified atom stereocenters. The van der Waals surface area contributed by atoms with Crippen LogP contribution in [-0.2, 0) is 0 Å². The van der Waals surface area contributed by atoms with E-state index in [0.717, 1.165) is 0 Å². The quantitative estimate of drug-likeness (QED) is 0.204. The summed E-state index contributed by atoms with van der Waals surface area (Å²) in [4.78, 5) is 36.3. The number of benzene rings is 2. The second kappa shape index (κ2) is 7.97. The maximum atomic E-state index is 13.4. The van der Waals surface area contributed by atoms with Gasteiger partial charge in [0.2, 0.25) is 0 Å². The first-order valence-electron chi connectivity index (χ1n) is 8.66. The van der Waals surface area contributed by atoms with Crippen LogP contribution in [-0.4, -0.2) is 15.6 Å². The van der Waals surface area contributed by atoms with E-state index in [-0.39, 0.29) is 17.2 Å². The third kappa shape index (κ3) is 3.40. The van der Waals surface area contributed by atoms with Crippen LogP contribution in [0.2, 0.25) is 0 Å². The molecule has 148 valence electrons. The highest BCUT2D eigenvalue weighted by atomic mass is 32.1. The summed E-state index contributed by atoms with van der Waals surface area (Å²) in [6.07, 6.45) is 0. The van der Waals surface area contributed by atoms with E-state index in [1.54, 1.807) is 59.3 Å². The molecule has 7 nitrogen and oxygen atoms in total. The fourth-order valence-corrected chi connectivity index (χ4v) is 5.04. The minimum Gasteiger partial charge on any atom is -0.289 e. The third-order valence-electron chi connectivity index (χ3n) is 4.51. The smallest absolute Gasteiger partial charge is 0.278 e. The van der Waals surface area contributed by atoms with Crippen LogP contribution >= 0.6 is 22.7 Å². The van der Waals surface area contributed by atoms with E-state index in [1.165, 1.54) is 34.8 Å². The SMILES string of the molecule is O=C(c1ccsc1-c1ccccc1[N+](=O)[O-])c1ccsc1-c1ccccc1[N+](=O)[O-]. The van der Waals surface area contributed by atoms with Crippen molar-refractivity contribution in [3.8, 4) is 20.9 Å². The Kier molecular flexibility index (Phi) is 5.21. The highest BCUT2D eigenvalue weighted by Gasteiger charge is 2.26. The Morgan fingerprint density at radius 3 is 1.47 bits per heavy atom. The van der Waals surface area contributed by atoms with Crippen molar-refractivity contribution < 1.29 is 14.6 Å². The van der Waals surface area contributed by atoms with Gasteiger partial charge in [-0.2, -0.15) is 0 Å². The van der Waals surface area contributed by atoms with Gasteiger partial charge >= 0.3 is 0 Å². The lowest BCUT2D eigenvalue weighted by atomic mass is 9.98. The number of thiophene rings is 2. The number of para-hydroxylation sites is 2. The van der Waals surface area contributed by atoms with Crippen molar-refractivity contribution in [3.05, 3.63) is 103 Å². The summed E-state index contributed by atoms with van der Waals surface area (Å²) in [7, 11) is 0. The van der Waals surface area contributed by atoms with E-state index < -0.39 is 9.85 Å². The third-order valence-corrected chi connectivity index (χ3v) is 6.41. The predicted octanol–water partition coefficient (Wildman–Crippen LogP) is 6.19. The standard InChI is InChI=1S/C21H12N2O5S2/c24-19(15-9-11-29-20(15)13-5-1-3-7-17(13)22(25)26)16-10-12-30-21(16)14-6-2-4-8-18(14)23(27)28/h1-12H. The number of carbonyl (C=O) groups is 1. The van der Waals surface area contributed by atoms with Gasteiger partial charge in [0.05, 0.1) is 30.7 Å². The molecule has 2 heterocycles. The Labute approximate surface area is 178 Å². The van der Waals surface area contributed by atoms with Gasteiger partial charge in [-0.3, -0.25) is 25.0 Å². The van der Waals surface area contributed by atoms with Crippen molar-refractivity contribution in [1.82, 2.24) is 0 Å². The Morgan fingerprint density at radius 2 is 1.07 bits per heavy atom. The number of hydrogen-bond donors (Lipinski definition) is 0. The lowest BCUT2D eigenvalue weighted by molar-refractivity contribution is -0.384. The zero-order valence-corrected chi connectivity index (χ0v) is 16.8. The molecule has 2 aromatic heterocycles. The fraction of sp³-hybridized carbons (Fsp3) is 0. The molecule has 2 aromatic carbocycles. The summed E-state index contributed by atoms with van der Waals surface area (Å²) in [5.41, 5.74) is 1.21. The Balaban J connectivity index is 1.83. The van der Waals surface area contributed by atoms with Gasteiger partial charge < -0.3 is 0 Å². The summed E-state index contributed by atoms with van der Waals surface area (Å²) in [5.74, 6) is -0.334. The molecule has 30 heavy (non-hydrogen) atoms. The number of nitro groups is 2. The maximum Gasteiger partial charge on any atom is 0.278 e. The maximum absolute atomic E-state index is 13.4. The number of rotatable bonds is 6. The summed E-state index contributed by atoms with van der Waals surface area (Å²) in [5, 5.41) is 26.3. The Bertz CT molecular complexity index is 1190. The molecule has 0 saturated heterocycles. The number of hydrogen-bond acceptors (Lipinski definition) is 7. The average Bonchev–Trinajstić information content (AvgIpc) is 3.43. The van der Waals surface area contributed by atoms with E-state index >= 15 is 0 Å². The van der Waals surface area contributed by atoms with Gasteiger partial charge in [0.25, 0.3) is 11.4 Å². The van der Waals surface area contributed by atoms with Crippen LogP contribution < -0.4 is 0 Å². The van der Waals surface area contributed by atoms with Crippen LogP contribution in [0.5, 0.6) is 0 Å². The molecule has 0 radical (unpaired) electrons. The van der Waals surface area contributed by atoms with E-state index in [9.17, 15) is 25.0 Å². The summed E-state index contributed by atoms with van der Waals surface area (Å²) in [6, 6.07) is 15.8. The van der Waals surface area contributed by atoms with Crippen molar-refractivity contribution >= 4 is 39.8 Å². The first kappa shape index (κ1) is 19.6. The lowest BCUT2D eigenvalue weighted by Gasteiger charge is -2.07. The van der Waals surface area contributed by atoms with Crippen molar-refractivity contribution in [1.29, 1.82) is 0 Å². The summed E-state index contributed by atoms with van der Waals surface area (Å²) >= 11 is 2.48. The normalized spacial score (nSPS) is 10.7. The largest absolute Gasteiger partial charge is 0.289 e. The molecule has 0 aliphatic heterocycles. The number of carbonyl (C=O) groups excluding carboxylic acids is 1. The first-order valence-corrected chi connectivity index (χ1v) is 10.4. The Morgan fingerprint density at radius 1 is 0.667 bits per heavy atom. The molecule has 0 fully saturated rings. The molecule has 9 heteroatoms. The van der Waals surface area contributed by atoms with E-state index in [0.29, 0.717) is 32.0 Å². The van der Waals surface area contributed by atoms with Crippen LogP contribution in [0.1, 0.15) is 15.9 Å². The van der Waals surface area contributed by atoms with Gasteiger partial charge in [0.1, 0.15) is 0 Å². The molecular weight excluding hydrogens is 424 g/mol. The van der Waals surface area contributed by atoms with Crippen LogP contribution in [0.3, 0.4) is 0 Å². The number of nitrogens with zero attached hydrogens (tertiary/aromatic N) is 2. The number of ketones is 1. The predicted molar refractivity (Wildman–Crippen MR) is 116 cm³/mol. The van der Waals surface area contributed by atoms with E-state index in [1.807, 2.05) is 0 Å². The first-order chi connectivity index (χ1) is 14.5. The molecule has 4 aromatic rings. The van der Waals surface area contributed by atoms with Crippen molar-refractivity contribution in [3.63, 3.8) is 0 Å². The summed E-state index contributed by atoms with van der Waals surface area (Å²) in [6.45, 7) is 0. The van der Waals surface area contributed by atoms with Crippen LogP contribution in [0.4, 0.5) is 11.4 Å². The van der Waals surface area contributed by atoms with Crippen molar-refractivity contribution in [2.45, 2.75) is 0 Å². The zero-order chi connectivity index (χ0) is 21.3. The number of nitro benzene ring substituents is 2. The molecule has 0 amide bonds. The van der Waals surface area contributed by atoms with Crippen LogP contribution in [0.15, 0.2) is 71.4 Å². The zero-order valence-electron chi connectivity index (χ0n) is 15.2. The highest BCUT2D eigenvalue weighted by Crippen LogP contribution is 2.40. The van der Waals surface area contributed by atoms with Crippen LogP contribution in [0.25, 0.3) is 20.9 Å². The molecule has 0 atom stereocenters. The Hall–Kier alpha value is -3.69. The molecule has 0 N–H and O–H groups in total. The van der Waals surface area contributed by atoms with Gasteiger partial charge in [0.15, 0.2) is 5.78 Å². The van der Waals surface area contributed by atoms with E-state index in [4.69, 9.17) is 0 Å². The van der Waals surface area contributed by atoms with Crippen molar-refractivity contribution in [2.75, 3.05) is 0 Å². The van der Waals surface area contributed by atoms with Crippen molar-refractivity contribution in [2.24, 2.45) is 0 Å². The summed E-state index contributed by atoms with van der Waals surface area (Å²) < 4.78 is 0. The lowest BCUT2D eigenvalue weighted by Crippen LogP contribution is -2.03. The molecule has 0 spiro atoms. The molecule has 0 aliphatic carbocycles. The average molecular weight is 436 g/mol. The molecule has 4 rings (SSSR count). The fourth-order valence-electron chi connectivity index (χ4n) is 3.19. The molecular formula is C21H12N2O5S2. The van der Waals surface area contributed by atoms with Gasteiger partial charge in [0, 0.05) is 23.3 Å². The second-order valence-electron chi connectivity index (χ2n) is 6.20. The minimum atomic E-state index is -0.480. The second-order valence-corrected chi connectivity index (χ2v) is 8.04. The van der Waals surface area contributed by atoms with Gasteiger partial charge in [-0.1, -0.05) is 24.3 Å². The van der Waals surface area contributed by atoms with Crippen LogP contribution in [0, 0.1) is 20.2 Å². The molecule has 0 bridgehead atoms. The molecule has 0 aliphatic rings. The van der Waals surface area contributed by atoms with Gasteiger partial charge in [-0.25, -0.2) is 0 Å². The molecule has 0 saturated carbocycles.